The number of nitrogens with zero attached hydrogens (tertiary/aromatic N) is 1. The maximum atomic E-state index is 6.97. The number of hydrogen-bond acceptors (Lipinski definition) is 2. The third kappa shape index (κ3) is 5.63. The van der Waals surface area contributed by atoms with Gasteiger partial charge in [-0.2, -0.15) is 4.57 Å². The van der Waals surface area contributed by atoms with Gasteiger partial charge < -0.3 is 28.4 Å². The lowest BCUT2D eigenvalue weighted by Gasteiger charge is -2.31. The van der Waals surface area contributed by atoms with E-state index in [1.54, 1.807) is 0 Å². The van der Waals surface area contributed by atoms with Gasteiger partial charge >= 0.3 is 0 Å². The highest BCUT2D eigenvalue weighted by molar-refractivity contribution is 7.11. The largest absolute Gasteiger partial charge is 1.00 e. The van der Waals surface area contributed by atoms with E-state index < -0.39 is 8.32 Å². The van der Waals surface area contributed by atoms with Crippen LogP contribution in [-0.2, 0) is 17.9 Å². The fourth-order valence-corrected chi connectivity index (χ4v) is 7.55. The highest BCUT2D eigenvalue weighted by atomic mass is 127. The topological polar surface area (TPSA) is 13.1 Å². The van der Waals surface area contributed by atoms with Crippen LogP contribution >= 0.6 is 11.3 Å². The third-order valence-electron chi connectivity index (χ3n) is 5.74. The van der Waals surface area contributed by atoms with Gasteiger partial charge in [0.1, 0.15) is 13.2 Å². The molecule has 5 heteroatoms. The molecule has 0 bridgehead atoms. The molecule has 2 aromatic rings. The van der Waals surface area contributed by atoms with Crippen molar-refractivity contribution in [3.05, 3.63) is 51.5 Å². The summed E-state index contributed by atoms with van der Waals surface area (Å²) in [6, 6.07) is 14.4. The predicted molar refractivity (Wildman–Crippen MR) is 111 cm³/mol. The van der Waals surface area contributed by atoms with Gasteiger partial charge in [0.2, 0.25) is 0 Å². The molecule has 1 heterocycles. The Hall–Kier alpha value is -0.243. The summed E-state index contributed by atoms with van der Waals surface area (Å²) in [5.41, 5.74) is 2.77. The van der Waals surface area contributed by atoms with E-state index in [0.29, 0.717) is 0 Å². The second-order valence-electron chi connectivity index (χ2n) is 7.02. The van der Waals surface area contributed by atoms with Crippen LogP contribution in [0.2, 0.25) is 18.1 Å². The Balaban J connectivity index is 0.00000338. The molecule has 0 N–H and O–H groups in total. The van der Waals surface area contributed by atoms with Crippen LogP contribution in [0.4, 0.5) is 0 Å². The molecule has 1 aromatic carbocycles. The van der Waals surface area contributed by atoms with Crippen LogP contribution in [-0.4, -0.2) is 8.32 Å². The third-order valence-corrected chi connectivity index (χ3v) is 11.7. The van der Waals surface area contributed by atoms with E-state index >= 15 is 0 Å². The average molecular weight is 504 g/mol. The lowest BCUT2D eigenvalue weighted by atomic mass is 10.1. The summed E-state index contributed by atoms with van der Waals surface area (Å²) >= 11 is 1.92. The summed E-state index contributed by atoms with van der Waals surface area (Å²) in [5, 5.41) is 1.39. The van der Waals surface area contributed by atoms with Crippen LogP contribution in [0.15, 0.2) is 30.3 Å². The second-order valence-corrected chi connectivity index (χ2v) is 13.0. The van der Waals surface area contributed by atoms with E-state index in [9.17, 15) is 0 Å². The minimum atomic E-state index is -1.64. The number of hydrogen-bond donors (Lipinski definition) is 0. The molecule has 26 heavy (non-hydrogen) atoms. The van der Waals surface area contributed by atoms with Crippen molar-refractivity contribution in [3.8, 4) is 0 Å². The van der Waals surface area contributed by atoms with Crippen LogP contribution in [0.1, 0.15) is 54.4 Å². The van der Waals surface area contributed by atoms with Gasteiger partial charge in [-0.25, -0.2) is 0 Å². The smallest absolute Gasteiger partial charge is 0.265 e. The Kier molecular flexibility index (Phi) is 10.0. The Bertz CT molecular complexity index is 662. The molecule has 0 aliphatic heterocycles. The lowest BCUT2D eigenvalue weighted by molar-refractivity contribution is -0.683. The molecule has 2 rings (SSSR count). The fourth-order valence-electron chi connectivity index (χ4n) is 3.46. The van der Waals surface area contributed by atoms with Crippen LogP contribution < -0.4 is 28.5 Å². The minimum absolute atomic E-state index is 0. The van der Waals surface area contributed by atoms with E-state index in [0.717, 1.165) is 12.8 Å². The highest BCUT2D eigenvalue weighted by Gasteiger charge is 2.36. The lowest BCUT2D eigenvalue weighted by Crippen LogP contribution is -3.00. The van der Waals surface area contributed by atoms with Crippen molar-refractivity contribution in [3.63, 3.8) is 0 Å². The molecule has 2 nitrogen and oxygen atoms in total. The predicted octanol–water partition coefficient (Wildman–Crippen LogP) is 2.89. The van der Waals surface area contributed by atoms with Gasteiger partial charge in [0.05, 0.1) is 4.88 Å². The summed E-state index contributed by atoms with van der Waals surface area (Å²) in [4.78, 5) is 1.41. The summed E-state index contributed by atoms with van der Waals surface area (Å²) in [5.74, 6) is 0. The Morgan fingerprint density at radius 2 is 1.62 bits per heavy atom. The number of halogens is 1. The zero-order valence-corrected chi connectivity index (χ0v) is 21.1. The van der Waals surface area contributed by atoms with Crippen molar-refractivity contribution in [2.45, 2.75) is 71.7 Å². The maximum absolute atomic E-state index is 6.97. The van der Waals surface area contributed by atoms with Crippen molar-refractivity contribution in [2.75, 3.05) is 0 Å². The van der Waals surface area contributed by atoms with Crippen LogP contribution in [0.25, 0.3) is 0 Å². The van der Waals surface area contributed by atoms with Crippen LogP contribution in [0.3, 0.4) is 0 Å². The van der Waals surface area contributed by atoms with Crippen molar-refractivity contribution in [1.82, 2.24) is 0 Å². The van der Waals surface area contributed by atoms with E-state index in [1.807, 2.05) is 11.3 Å². The molecule has 1 aromatic heterocycles. The highest BCUT2D eigenvalue weighted by Crippen LogP contribution is 2.34. The van der Waals surface area contributed by atoms with Crippen molar-refractivity contribution in [2.24, 2.45) is 7.05 Å². The first-order valence-electron chi connectivity index (χ1n) is 9.64. The number of benzene rings is 1. The Morgan fingerprint density at radius 3 is 2.08 bits per heavy atom. The Labute approximate surface area is 182 Å². The SMILES string of the molecule is CC[Si](CC)(CC)OC(CCc1ccccc1)c1sc(C)c(C)[n+]1C.[I-]. The molecule has 0 spiro atoms. The van der Waals surface area contributed by atoms with Gasteiger partial charge in [-0.05, 0) is 43.5 Å². The van der Waals surface area contributed by atoms with Gasteiger partial charge in [-0.1, -0.05) is 62.4 Å². The number of aryl methyl sites for hydroxylation is 2. The van der Waals surface area contributed by atoms with Crippen LogP contribution in [0, 0.1) is 13.8 Å². The van der Waals surface area contributed by atoms with Gasteiger partial charge in [0, 0.05) is 6.92 Å². The molecule has 1 unspecified atom stereocenters. The molecular formula is C21H34INOSSi. The van der Waals surface area contributed by atoms with Crippen molar-refractivity contribution >= 4 is 19.7 Å². The molecule has 0 saturated carbocycles. The van der Waals surface area contributed by atoms with E-state index in [1.165, 1.54) is 39.3 Å². The summed E-state index contributed by atoms with van der Waals surface area (Å²) in [6.07, 6.45) is 2.35. The first-order valence-corrected chi connectivity index (χ1v) is 13.0. The zero-order valence-electron chi connectivity index (χ0n) is 17.1. The number of rotatable bonds is 9. The first-order chi connectivity index (χ1) is 12.0. The van der Waals surface area contributed by atoms with Gasteiger partial charge in [0.15, 0.2) is 14.0 Å². The van der Waals surface area contributed by atoms with Crippen molar-refractivity contribution < 1.29 is 33.0 Å². The molecule has 0 aliphatic carbocycles. The second kappa shape index (κ2) is 10.9. The zero-order chi connectivity index (χ0) is 18.4. The molecule has 0 saturated heterocycles. The molecule has 1 atom stereocenters. The van der Waals surface area contributed by atoms with E-state index in [4.69, 9.17) is 4.43 Å². The first kappa shape index (κ1) is 23.8. The number of aromatic nitrogens is 1. The van der Waals surface area contributed by atoms with Crippen LogP contribution in [0.5, 0.6) is 0 Å². The fraction of sp³-hybridized carbons (Fsp3) is 0.571. The summed E-state index contributed by atoms with van der Waals surface area (Å²) in [7, 11) is 0.555. The molecule has 0 amide bonds. The molecule has 146 valence electrons. The molecule has 0 aliphatic rings. The number of thiazole rings is 1. The van der Waals surface area contributed by atoms with Crippen molar-refractivity contribution in [1.29, 1.82) is 0 Å². The summed E-state index contributed by atoms with van der Waals surface area (Å²) < 4.78 is 9.33. The summed E-state index contributed by atoms with van der Waals surface area (Å²) in [6.45, 7) is 11.4. The van der Waals surface area contributed by atoms with Gasteiger partial charge in [-0.15, -0.1) is 0 Å². The molecule has 0 radical (unpaired) electrons. The van der Waals surface area contributed by atoms with Gasteiger partial charge in [0.25, 0.3) is 5.01 Å². The molecule has 0 fully saturated rings. The quantitative estimate of drug-likeness (QED) is 0.292. The van der Waals surface area contributed by atoms with E-state index in [-0.39, 0.29) is 30.1 Å². The van der Waals surface area contributed by atoms with Gasteiger partial charge in [-0.3, -0.25) is 0 Å². The minimum Gasteiger partial charge on any atom is -1.00 e. The maximum Gasteiger partial charge on any atom is 0.265 e. The average Bonchev–Trinajstić information content (AvgIpc) is 2.91. The monoisotopic (exact) mass is 503 g/mol. The standard InChI is InChI=1S/C21H34NOSSi.HI/c1-7-25(8-2,9-3)23-20(16-15-19-13-11-10-12-14-19)21-22(6)17(4)18(5)24-21;/h10-14,20H,7-9,15-16H2,1-6H3;1H/q+1;/p-1. The Morgan fingerprint density at radius 1 is 1.04 bits per heavy atom. The normalized spacial score (nSPS) is 12.7. The molecular weight excluding hydrogens is 469 g/mol. The van der Waals surface area contributed by atoms with E-state index in [2.05, 4.69) is 76.6 Å².